The first-order chi connectivity index (χ1) is 6.99. The Labute approximate surface area is 94.5 Å². The summed E-state index contributed by atoms with van der Waals surface area (Å²) in [5.74, 6) is 0. The van der Waals surface area contributed by atoms with Gasteiger partial charge < -0.3 is 0 Å². The van der Waals surface area contributed by atoms with Gasteiger partial charge in [0.05, 0.1) is 6.07 Å². The lowest BCUT2D eigenvalue weighted by atomic mass is 10.0. The molecule has 0 heterocycles. The Morgan fingerprint density at radius 2 is 2.00 bits per heavy atom. The minimum atomic E-state index is -0.420. The van der Waals surface area contributed by atoms with Gasteiger partial charge in [-0.05, 0) is 40.3 Å². The van der Waals surface area contributed by atoms with Crippen LogP contribution in [-0.4, -0.2) is 36.1 Å². The highest BCUT2D eigenvalue weighted by molar-refractivity contribution is 5.05. The van der Waals surface area contributed by atoms with Gasteiger partial charge in [0, 0.05) is 12.6 Å². The maximum absolute atomic E-state index is 9.20. The van der Waals surface area contributed by atoms with Crippen molar-refractivity contribution >= 4 is 0 Å². The van der Waals surface area contributed by atoms with E-state index in [0.29, 0.717) is 6.04 Å². The molecule has 0 radical (unpaired) electrons. The molecule has 0 aliphatic heterocycles. The van der Waals surface area contributed by atoms with Gasteiger partial charge in [0.15, 0.2) is 0 Å². The zero-order valence-corrected chi connectivity index (χ0v) is 10.8. The summed E-state index contributed by atoms with van der Waals surface area (Å²) in [6.45, 7) is 13.2. The van der Waals surface area contributed by atoms with Crippen LogP contribution in [-0.2, 0) is 0 Å². The predicted molar refractivity (Wildman–Crippen MR) is 64.7 cm³/mol. The van der Waals surface area contributed by atoms with Crippen molar-refractivity contribution in [3.05, 3.63) is 0 Å². The van der Waals surface area contributed by atoms with E-state index in [4.69, 9.17) is 0 Å². The summed E-state index contributed by atoms with van der Waals surface area (Å²) in [5, 5.41) is 12.5. The molecule has 0 aliphatic carbocycles. The number of nitriles is 1. The molecule has 0 aromatic rings. The van der Waals surface area contributed by atoms with Gasteiger partial charge in [-0.1, -0.05) is 13.8 Å². The smallest absolute Gasteiger partial charge is 0.116 e. The van der Waals surface area contributed by atoms with E-state index in [1.165, 1.54) is 0 Å². The van der Waals surface area contributed by atoms with Crippen LogP contribution in [0, 0.1) is 11.3 Å². The summed E-state index contributed by atoms with van der Waals surface area (Å²) in [6, 6.07) is 2.87. The lowest BCUT2D eigenvalue weighted by Crippen LogP contribution is -2.52. The van der Waals surface area contributed by atoms with E-state index in [2.05, 4.69) is 44.0 Å². The van der Waals surface area contributed by atoms with E-state index in [1.807, 2.05) is 6.92 Å². The van der Waals surface area contributed by atoms with Crippen molar-refractivity contribution < 1.29 is 0 Å². The van der Waals surface area contributed by atoms with E-state index in [1.54, 1.807) is 0 Å². The lowest BCUT2D eigenvalue weighted by Gasteiger charge is -2.33. The molecule has 0 aliphatic rings. The van der Waals surface area contributed by atoms with Gasteiger partial charge in [-0.2, -0.15) is 5.26 Å². The van der Waals surface area contributed by atoms with Crippen LogP contribution in [0.1, 0.15) is 41.0 Å². The fraction of sp³-hybridized carbons (Fsp3) is 0.917. The van der Waals surface area contributed by atoms with E-state index in [0.717, 1.165) is 26.1 Å². The van der Waals surface area contributed by atoms with E-state index < -0.39 is 5.54 Å². The molecule has 0 bridgehead atoms. The molecule has 3 nitrogen and oxygen atoms in total. The summed E-state index contributed by atoms with van der Waals surface area (Å²) >= 11 is 0. The van der Waals surface area contributed by atoms with Gasteiger partial charge in [-0.15, -0.1) is 0 Å². The minimum absolute atomic E-state index is 0.420. The molecular formula is C12H25N3. The van der Waals surface area contributed by atoms with Crippen molar-refractivity contribution in [2.75, 3.05) is 19.6 Å². The summed E-state index contributed by atoms with van der Waals surface area (Å²) in [5.41, 5.74) is -0.420. The first kappa shape index (κ1) is 14.4. The van der Waals surface area contributed by atoms with Gasteiger partial charge >= 0.3 is 0 Å². The van der Waals surface area contributed by atoms with Crippen molar-refractivity contribution in [3.63, 3.8) is 0 Å². The number of nitrogens with zero attached hydrogens (tertiary/aromatic N) is 2. The van der Waals surface area contributed by atoms with Crippen LogP contribution in [0.3, 0.4) is 0 Å². The molecule has 1 atom stereocenters. The molecule has 1 N–H and O–H groups in total. The molecule has 0 spiro atoms. The van der Waals surface area contributed by atoms with Crippen LogP contribution >= 0.6 is 0 Å². The van der Waals surface area contributed by atoms with Crippen LogP contribution in [0.2, 0.25) is 0 Å². The minimum Gasteiger partial charge on any atom is -0.299 e. The molecule has 0 aromatic carbocycles. The van der Waals surface area contributed by atoms with Gasteiger partial charge in [-0.25, -0.2) is 0 Å². The van der Waals surface area contributed by atoms with Gasteiger partial charge in [-0.3, -0.25) is 10.2 Å². The summed E-state index contributed by atoms with van der Waals surface area (Å²) in [7, 11) is 0. The predicted octanol–water partition coefficient (Wildman–Crippen LogP) is 2.00. The molecule has 1 unspecified atom stereocenters. The zero-order chi connectivity index (χ0) is 11.9. The quantitative estimate of drug-likeness (QED) is 0.700. The zero-order valence-electron chi connectivity index (χ0n) is 10.8. The fourth-order valence-corrected chi connectivity index (χ4v) is 1.60. The third kappa shape index (κ3) is 5.15. The molecule has 0 fully saturated rings. The normalized spacial score (nSPS) is 15.3. The molecule has 0 aromatic heterocycles. The lowest BCUT2D eigenvalue weighted by molar-refractivity contribution is 0.188. The van der Waals surface area contributed by atoms with E-state index >= 15 is 0 Å². The summed E-state index contributed by atoms with van der Waals surface area (Å²) in [6.07, 6.45) is 1.06. The second-order valence-corrected chi connectivity index (χ2v) is 4.53. The summed E-state index contributed by atoms with van der Waals surface area (Å²) < 4.78 is 0. The topological polar surface area (TPSA) is 39.1 Å². The third-order valence-electron chi connectivity index (χ3n) is 2.67. The molecule has 0 rings (SSSR count). The number of hydrogen-bond acceptors (Lipinski definition) is 3. The molecular weight excluding hydrogens is 186 g/mol. The largest absolute Gasteiger partial charge is 0.299 e. The number of rotatable bonds is 7. The molecule has 0 saturated carbocycles. The SMILES string of the molecule is CCCNC(C)(C#N)CN(CC)C(C)C. The monoisotopic (exact) mass is 211 g/mol. The molecule has 15 heavy (non-hydrogen) atoms. The van der Waals surface area contributed by atoms with Crippen molar-refractivity contribution in [2.45, 2.75) is 52.6 Å². The Morgan fingerprint density at radius 1 is 1.40 bits per heavy atom. The number of hydrogen-bond donors (Lipinski definition) is 1. The average molecular weight is 211 g/mol. The molecule has 0 saturated heterocycles. The second-order valence-electron chi connectivity index (χ2n) is 4.53. The second kappa shape index (κ2) is 6.81. The fourth-order valence-electron chi connectivity index (χ4n) is 1.60. The first-order valence-corrected chi connectivity index (χ1v) is 5.89. The highest BCUT2D eigenvalue weighted by Gasteiger charge is 2.26. The van der Waals surface area contributed by atoms with Crippen molar-refractivity contribution in [1.29, 1.82) is 5.26 Å². The Kier molecular flexibility index (Phi) is 6.55. The summed E-state index contributed by atoms with van der Waals surface area (Å²) in [4.78, 5) is 2.31. The van der Waals surface area contributed by atoms with Crippen molar-refractivity contribution in [2.24, 2.45) is 0 Å². The maximum Gasteiger partial charge on any atom is 0.116 e. The Hall–Kier alpha value is -0.590. The molecule has 88 valence electrons. The van der Waals surface area contributed by atoms with Crippen LogP contribution < -0.4 is 5.32 Å². The number of likely N-dealkylation sites (N-methyl/N-ethyl adjacent to an activating group) is 1. The van der Waals surface area contributed by atoms with Crippen molar-refractivity contribution in [3.8, 4) is 6.07 Å². The van der Waals surface area contributed by atoms with E-state index in [9.17, 15) is 5.26 Å². The highest BCUT2D eigenvalue weighted by atomic mass is 15.2. The maximum atomic E-state index is 9.20. The van der Waals surface area contributed by atoms with Gasteiger partial charge in [0.2, 0.25) is 0 Å². The average Bonchev–Trinajstić information content (AvgIpc) is 2.22. The van der Waals surface area contributed by atoms with Crippen LogP contribution in [0.15, 0.2) is 0 Å². The first-order valence-electron chi connectivity index (χ1n) is 5.89. The third-order valence-corrected chi connectivity index (χ3v) is 2.67. The molecule has 3 heteroatoms. The molecule has 0 amide bonds. The standard InChI is InChI=1S/C12H25N3/c1-6-8-14-12(5,9-13)10-15(7-2)11(3)4/h11,14H,6-8,10H2,1-5H3. The Morgan fingerprint density at radius 3 is 2.33 bits per heavy atom. The van der Waals surface area contributed by atoms with Gasteiger partial charge in [0.25, 0.3) is 0 Å². The van der Waals surface area contributed by atoms with Crippen LogP contribution in [0.25, 0.3) is 0 Å². The van der Waals surface area contributed by atoms with Crippen LogP contribution in [0.4, 0.5) is 0 Å². The Balaban J connectivity index is 4.34. The van der Waals surface area contributed by atoms with Crippen molar-refractivity contribution in [1.82, 2.24) is 10.2 Å². The van der Waals surface area contributed by atoms with Gasteiger partial charge in [0.1, 0.15) is 5.54 Å². The van der Waals surface area contributed by atoms with E-state index in [-0.39, 0.29) is 0 Å². The number of nitrogens with one attached hydrogen (secondary N) is 1. The Bertz CT molecular complexity index is 207. The highest BCUT2D eigenvalue weighted by Crippen LogP contribution is 2.08. The van der Waals surface area contributed by atoms with Crippen LogP contribution in [0.5, 0.6) is 0 Å².